The van der Waals surface area contributed by atoms with Gasteiger partial charge in [0.2, 0.25) is 5.91 Å². The van der Waals surface area contributed by atoms with Crippen molar-refractivity contribution in [1.29, 1.82) is 0 Å². The third kappa shape index (κ3) is 5.68. The molecule has 178 valence electrons. The summed E-state index contributed by atoms with van der Waals surface area (Å²) in [4.78, 5) is 15.0. The number of piperidine rings is 1. The summed E-state index contributed by atoms with van der Waals surface area (Å²) in [5.74, 6) is 0.817. The molecule has 0 radical (unpaired) electrons. The van der Waals surface area contributed by atoms with Crippen molar-refractivity contribution >= 4 is 17.7 Å². The number of hydrogen-bond donors (Lipinski definition) is 1. The average molecular weight is 459 g/mol. The van der Waals surface area contributed by atoms with Gasteiger partial charge in [0.05, 0.1) is 19.3 Å². The SMILES string of the molecule is COc1ccc(N2CCC(NC(=O)/C=C/c3c(C)nn(Cc4ccc(C)cc4)c3C)CC2)cc1. The number of hydrogen-bond acceptors (Lipinski definition) is 4. The van der Waals surface area contributed by atoms with Crippen molar-refractivity contribution in [2.24, 2.45) is 0 Å². The molecule has 6 nitrogen and oxygen atoms in total. The molecule has 2 aromatic carbocycles. The molecular weight excluding hydrogens is 424 g/mol. The summed E-state index contributed by atoms with van der Waals surface area (Å²) in [5.41, 5.74) is 6.66. The van der Waals surface area contributed by atoms with Crippen molar-refractivity contribution in [3.8, 4) is 5.75 Å². The fourth-order valence-corrected chi connectivity index (χ4v) is 4.46. The first-order valence-electron chi connectivity index (χ1n) is 11.9. The zero-order chi connectivity index (χ0) is 24.1. The second kappa shape index (κ2) is 10.6. The number of aryl methyl sites for hydroxylation is 2. The summed E-state index contributed by atoms with van der Waals surface area (Å²) < 4.78 is 7.25. The quantitative estimate of drug-likeness (QED) is 0.523. The summed E-state index contributed by atoms with van der Waals surface area (Å²) in [6, 6.07) is 16.8. The Morgan fingerprint density at radius 2 is 1.74 bits per heavy atom. The normalized spacial score (nSPS) is 14.5. The molecule has 1 fully saturated rings. The van der Waals surface area contributed by atoms with Gasteiger partial charge in [-0.25, -0.2) is 0 Å². The number of anilines is 1. The molecule has 2 heterocycles. The van der Waals surface area contributed by atoms with Gasteiger partial charge in [0.25, 0.3) is 0 Å². The smallest absolute Gasteiger partial charge is 0.244 e. The third-order valence-electron chi connectivity index (χ3n) is 6.57. The Morgan fingerprint density at radius 3 is 2.38 bits per heavy atom. The van der Waals surface area contributed by atoms with Gasteiger partial charge in [0.1, 0.15) is 5.75 Å². The number of ether oxygens (including phenoxy) is 1. The van der Waals surface area contributed by atoms with Crippen LogP contribution in [0.1, 0.15) is 40.9 Å². The van der Waals surface area contributed by atoms with E-state index in [1.807, 2.05) is 29.8 Å². The number of rotatable bonds is 7. The first kappa shape index (κ1) is 23.6. The minimum absolute atomic E-state index is 0.0482. The zero-order valence-corrected chi connectivity index (χ0v) is 20.5. The summed E-state index contributed by atoms with van der Waals surface area (Å²) in [6.45, 7) is 8.70. The molecule has 0 aliphatic carbocycles. The molecule has 1 aliphatic heterocycles. The Bertz CT molecular complexity index is 1140. The third-order valence-corrected chi connectivity index (χ3v) is 6.57. The molecule has 1 aliphatic rings. The largest absolute Gasteiger partial charge is 0.497 e. The van der Waals surface area contributed by atoms with Crippen LogP contribution in [0.15, 0.2) is 54.6 Å². The second-order valence-corrected chi connectivity index (χ2v) is 9.03. The maximum absolute atomic E-state index is 12.6. The fourth-order valence-electron chi connectivity index (χ4n) is 4.46. The Hall–Kier alpha value is -3.54. The van der Waals surface area contributed by atoms with E-state index in [0.29, 0.717) is 0 Å². The van der Waals surface area contributed by atoms with Crippen molar-refractivity contribution < 1.29 is 9.53 Å². The van der Waals surface area contributed by atoms with Crippen LogP contribution in [0.3, 0.4) is 0 Å². The van der Waals surface area contributed by atoms with Crippen molar-refractivity contribution in [2.75, 3.05) is 25.1 Å². The number of carbonyl (C=O) groups is 1. The van der Waals surface area contributed by atoms with Gasteiger partial charge < -0.3 is 15.0 Å². The summed E-state index contributed by atoms with van der Waals surface area (Å²) in [7, 11) is 1.68. The highest BCUT2D eigenvalue weighted by Crippen LogP contribution is 2.23. The van der Waals surface area contributed by atoms with E-state index in [1.54, 1.807) is 13.2 Å². The minimum Gasteiger partial charge on any atom is -0.497 e. The van der Waals surface area contributed by atoms with Crippen LogP contribution in [0.25, 0.3) is 6.08 Å². The van der Waals surface area contributed by atoms with Crippen LogP contribution >= 0.6 is 0 Å². The van der Waals surface area contributed by atoms with Gasteiger partial charge in [-0.3, -0.25) is 9.48 Å². The molecule has 0 spiro atoms. The monoisotopic (exact) mass is 458 g/mol. The lowest BCUT2D eigenvalue weighted by molar-refractivity contribution is -0.117. The topological polar surface area (TPSA) is 59.4 Å². The molecule has 34 heavy (non-hydrogen) atoms. The predicted molar refractivity (Wildman–Crippen MR) is 137 cm³/mol. The van der Waals surface area contributed by atoms with Crippen molar-refractivity contribution in [1.82, 2.24) is 15.1 Å². The van der Waals surface area contributed by atoms with E-state index >= 15 is 0 Å². The van der Waals surface area contributed by atoms with E-state index in [1.165, 1.54) is 16.8 Å². The molecule has 0 saturated carbocycles. The van der Waals surface area contributed by atoms with Crippen LogP contribution in [0.4, 0.5) is 5.69 Å². The van der Waals surface area contributed by atoms with Crippen molar-refractivity contribution in [3.63, 3.8) is 0 Å². The number of aromatic nitrogens is 2. The first-order valence-corrected chi connectivity index (χ1v) is 11.9. The van der Waals surface area contributed by atoms with Crippen LogP contribution in [0, 0.1) is 20.8 Å². The maximum atomic E-state index is 12.6. The molecule has 4 rings (SSSR count). The molecule has 3 aromatic rings. The average Bonchev–Trinajstić information content (AvgIpc) is 3.11. The van der Waals surface area contributed by atoms with Gasteiger partial charge in [0, 0.05) is 42.2 Å². The highest BCUT2D eigenvalue weighted by Gasteiger charge is 2.20. The predicted octanol–water partition coefficient (Wildman–Crippen LogP) is 4.66. The highest BCUT2D eigenvalue weighted by atomic mass is 16.5. The number of nitrogens with one attached hydrogen (secondary N) is 1. The Morgan fingerprint density at radius 1 is 1.06 bits per heavy atom. The molecule has 0 atom stereocenters. The van der Waals surface area contributed by atoms with Gasteiger partial charge in [-0.2, -0.15) is 5.10 Å². The molecular formula is C28H34N4O2. The zero-order valence-electron chi connectivity index (χ0n) is 20.5. The Balaban J connectivity index is 1.31. The van der Waals surface area contributed by atoms with Gasteiger partial charge in [-0.05, 0) is 69.5 Å². The fraction of sp³-hybridized carbons (Fsp3) is 0.357. The molecule has 1 amide bonds. The molecule has 0 unspecified atom stereocenters. The lowest BCUT2D eigenvalue weighted by Gasteiger charge is -2.33. The summed E-state index contributed by atoms with van der Waals surface area (Å²) >= 11 is 0. The molecule has 6 heteroatoms. The molecule has 1 aromatic heterocycles. The van der Waals surface area contributed by atoms with Gasteiger partial charge in [0.15, 0.2) is 0 Å². The van der Waals surface area contributed by atoms with Crippen molar-refractivity contribution in [2.45, 2.75) is 46.2 Å². The van der Waals surface area contributed by atoms with E-state index in [9.17, 15) is 4.79 Å². The van der Waals surface area contributed by atoms with Gasteiger partial charge in [-0.1, -0.05) is 29.8 Å². The van der Waals surface area contributed by atoms with E-state index in [-0.39, 0.29) is 11.9 Å². The molecule has 1 saturated heterocycles. The molecule has 0 bridgehead atoms. The van der Waals surface area contributed by atoms with Crippen molar-refractivity contribution in [3.05, 3.63) is 82.7 Å². The van der Waals surface area contributed by atoms with E-state index in [4.69, 9.17) is 4.74 Å². The Kier molecular flexibility index (Phi) is 7.36. The number of nitrogens with zero attached hydrogens (tertiary/aromatic N) is 3. The van der Waals surface area contributed by atoms with E-state index in [0.717, 1.165) is 55.2 Å². The number of benzene rings is 2. The van der Waals surface area contributed by atoms with E-state index in [2.05, 4.69) is 65.6 Å². The van der Waals surface area contributed by atoms with Crippen LogP contribution < -0.4 is 15.0 Å². The van der Waals surface area contributed by atoms with Gasteiger partial charge >= 0.3 is 0 Å². The second-order valence-electron chi connectivity index (χ2n) is 9.03. The highest BCUT2D eigenvalue weighted by molar-refractivity contribution is 5.92. The maximum Gasteiger partial charge on any atom is 0.244 e. The lowest BCUT2D eigenvalue weighted by Crippen LogP contribution is -2.44. The first-order chi connectivity index (χ1) is 16.4. The number of amides is 1. The minimum atomic E-state index is -0.0482. The molecule has 1 N–H and O–H groups in total. The van der Waals surface area contributed by atoms with Crippen LogP contribution in [0.5, 0.6) is 5.75 Å². The number of methoxy groups -OCH3 is 1. The number of carbonyl (C=O) groups excluding carboxylic acids is 1. The van der Waals surface area contributed by atoms with Crippen LogP contribution in [0.2, 0.25) is 0 Å². The van der Waals surface area contributed by atoms with Gasteiger partial charge in [-0.15, -0.1) is 0 Å². The van der Waals surface area contributed by atoms with E-state index < -0.39 is 0 Å². The standard InChI is InChI=1S/C28H34N4O2/c1-20-5-7-23(8-6-20)19-32-22(3)27(21(2)30-32)13-14-28(33)29-24-15-17-31(18-16-24)25-9-11-26(34-4)12-10-25/h5-14,24H,15-19H2,1-4H3,(H,29,33)/b14-13+. The van der Waals surface area contributed by atoms with Crippen LogP contribution in [-0.4, -0.2) is 41.9 Å². The Labute approximate surface area is 202 Å². The van der Waals surface area contributed by atoms with Crippen LogP contribution in [-0.2, 0) is 11.3 Å². The summed E-state index contributed by atoms with van der Waals surface area (Å²) in [6.07, 6.45) is 5.39. The lowest BCUT2D eigenvalue weighted by atomic mass is 10.0. The summed E-state index contributed by atoms with van der Waals surface area (Å²) in [5, 5.41) is 7.86.